The number of aryl methyl sites for hydroxylation is 1. The number of nitrogens with zero attached hydrogens (tertiary/aromatic N) is 3. The standard InChI is InChI=1S/C15H21N3O4/c1-11-3-4-12(7-16-11)15(21)18-9-13(19)8-17(5-6-22-2)14(20)10-18/h3-4,7,13,19H,5-6,8-10H2,1-2H3. The predicted octanol–water partition coefficient (Wildman–Crippen LogP) is -0.318. The van der Waals surface area contributed by atoms with Crippen molar-refractivity contribution in [1.29, 1.82) is 0 Å². The number of carbonyl (C=O) groups is 2. The second kappa shape index (κ2) is 7.33. The highest BCUT2D eigenvalue weighted by Gasteiger charge is 2.29. The van der Waals surface area contributed by atoms with Crippen molar-refractivity contribution in [2.24, 2.45) is 0 Å². The van der Waals surface area contributed by atoms with Gasteiger partial charge in [0.05, 0.1) is 18.3 Å². The summed E-state index contributed by atoms with van der Waals surface area (Å²) in [7, 11) is 1.55. The fraction of sp³-hybridized carbons (Fsp3) is 0.533. The fourth-order valence-corrected chi connectivity index (χ4v) is 2.35. The molecule has 2 amide bonds. The highest BCUT2D eigenvalue weighted by Crippen LogP contribution is 2.10. The molecule has 120 valence electrons. The van der Waals surface area contributed by atoms with Gasteiger partial charge in [-0.25, -0.2) is 0 Å². The number of methoxy groups -OCH3 is 1. The molecule has 22 heavy (non-hydrogen) atoms. The van der Waals surface area contributed by atoms with E-state index in [1.54, 1.807) is 19.2 Å². The van der Waals surface area contributed by atoms with E-state index in [1.807, 2.05) is 6.92 Å². The molecule has 1 aliphatic heterocycles. The Morgan fingerprint density at radius 3 is 2.86 bits per heavy atom. The molecule has 0 aliphatic carbocycles. The van der Waals surface area contributed by atoms with Crippen molar-refractivity contribution in [3.8, 4) is 0 Å². The highest BCUT2D eigenvalue weighted by molar-refractivity contribution is 5.96. The van der Waals surface area contributed by atoms with Gasteiger partial charge in [-0.15, -0.1) is 0 Å². The lowest BCUT2D eigenvalue weighted by Crippen LogP contribution is -2.40. The van der Waals surface area contributed by atoms with Crippen molar-refractivity contribution in [2.75, 3.05) is 39.9 Å². The van der Waals surface area contributed by atoms with Gasteiger partial charge in [0.15, 0.2) is 0 Å². The van der Waals surface area contributed by atoms with Crippen LogP contribution in [-0.2, 0) is 9.53 Å². The second-order valence-electron chi connectivity index (χ2n) is 5.36. The van der Waals surface area contributed by atoms with Gasteiger partial charge in [-0.2, -0.15) is 0 Å². The molecular weight excluding hydrogens is 286 g/mol. The maximum absolute atomic E-state index is 12.5. The van der Waals surface area contributed by atoms with Crippen LogP contribution in [0.4, 0.5) is 0 Å². The number of pyridine rings is 1. The first-order valence-electron chi connectivity index (χ1n) is 7.18. The number of aliphatic hydroxyl groups excluding tert-OH is 1. The fourth-order valence-electron chi connectivity index (χ4n) is 2.35. The monoisotopic (exact) mass is 307 g/mol. The quantitative estimate of drug-likeness (QED) is 0.824. The molecule has 1 fully saturated rings. The van der Waals surface area contributed by atoms with Crippen molar-refractivity contribution in [1.82, 2.24) is 14.8 Å². The number of rotatable bonds is 4. The number of aromatic nitrogens is 1. The third kappa shape index (κ3) is 4.02. The number of hydrogen-bond donors (Lipinski definition) is 1. The van der Waals surface area contributed by atoms with E-state index in [2.05, 4.69) is 4.98 Å². The SMILES string of the molecule is COCCN1CC(O)CN(C(=O)c2ccc(C)nc2)CC1=O. The number of amides is 2. The maximum Gasteiger partial charge on any atom is 0.255 e. The molecule has 1 unspecified atom stereocenters. The van der Waals surface area contributed by atoms with Crippen LogP contribution in [0, 0.1) is 6.92 Å². The average molecular weight is 307 g/mol. The van der Waals surface area contributed by atoms with Gasteiger partial charge in [-0.05, 0) is 19.1 Å². The summed E-state index contributed by atoms with van der Waals surface area (Å²) >= 11 is 0. The lowest BCUT2D eigenvalue weighted by atomic mass is 10.2. The molecule has 1 aliphatic rings. The Morgan fingerprint density at radius 2 is 2.23 bits per heavy atom. The van der Waals surface area contributed by atoms with Crippen LogP contribution in [0.25, 0.3) is 0 Å². The zero-order valence-corrected chi connectivity index (χ0v) is 12.9. The highest BCUT2D eigenvalue weighted by atomic mass is 16.5. The molecule has 1 saturated heterocycles. The first-order valence-corrected chi connectivity index (χ1v) is 7.18. The van der Waals surface area contributed by atoms with Crippen molar-refractivity contribution < 1.29 is 19.4 Å². The first-order chi connectivity index (χ1) is 10.5. The first kappa shape index (κ1) is 16.4. The Balaban J connectivity index is 2.09. The van der Waals surface area contributed by atoms with Gasteiger partial charge in [-0.3, -0.25) is 14.6 Å². The van der Waals surface area contributed by atoms with E-state index in [0.29, 0.717) is 18.7 Å². The van der Waals surface area contributed by atoms with Crippen LogP contribution in [0.5, 0.6) is 0 Å². The summed E-state index contributed by atoms with van der Waals surface area (Å²) < 4.78 is 4.96. The van der Waals surface area contributed by atoms with Crippen LogP contribution in [0.3, 0.4) is 0 Å². The Labute approximate surface area is 129 Å². The Hall–Kier alpha value is -1.99. The summed E-state index contributed by atoms with van der Waals surface area (Å²) in [5.41, 5.74) is 1.23. The van der Waals surface area contributed by atoms with E-state index in [1.165, 1.54) is 16.0 Å². The molecule has 1 atom stereocenters. The number of carbonyl (C=O) groups excluding carboxylic acids is 2. The van der Waals surface area contributed by atoms with E-state index >= 15 is 0 Å². The Kier molecular flexibility index (Phi) is 5.46. The normalized spacial score (nSPS) is 19.2. The Bertz CT molecular complexity index is 532. The molecule has 0 aromatic carbocycles. The largest absolute Gasteiger partial charge is 0.389 e. The molecule has 1 aromatic heterocycles. The minimum Gasteiger partial charge on any atom is -0.389 e. The number of hydrogen-bond acceptors (Lipinski definition) is 5. The van der Waals surface area contributed by atoms with Gasteiger partial charge in [-0.1, -0.05) is 0 Å². The van der Waals surface area contributed by atoms with Crippen LogP contribution in [-0.4, -0.2) is 77.7 Å². The lowest BCUT2D eigenvalue weighted by molar-refractivity contribution is -0.131. The second-order valence-corrected chi connectivity index (χ2v) is 5.36. The van der Waals surface area contributed by atoms with Crippen molar-refractivity contribution >= 4 is 11.8 Å². The molecule has 0 radical (unpaired) electrons. The molecule has 1 N–H and O–H groups in total. The topological polar surface area (TPSA) is 83.0 Å². The van der Waals surface area contributed by atoms with Crippen LogP contribution < -0.4 is 0 Å². The summed E-state index contributed by atoms with van der Waals surface area (Å²) in [6, 6.07) is 3.42. The van der Waals surface area contributed by atoms with Gasteiger partial charge >= 0.3 is 0 Å². The van der Waals surface area contributed by atoms with Gasteiger partial charge in [0.2, 0.25) is 5.91 Å². The zero-order chi connectivity index (χ0) is 16.1. The average Bonchev–Trinajstić information content (AvgIpc) is 2.64. The van der Waals surface area contributed by atoms with E-state index in [4.69, 9.17) is 4.74 Å². The van der Waals surface area contributed by atoms with Gasteiger partial charge in [0.25, 0.3) is 5.91 Å². The van der Waals surface area contributed by atoms with Crippen molar-refractivity contribution in [3.63, 3.8) is 0 Å². The van der Waals surface area contributed by atoms with E-state index in [-0.39, 0.29) is 31.4 Å². The molecule has 7 heteroatoms. The smallest absolute Gasteiger partial charge is 0.255 e. The number of aliphatic hydroxyl groups is 1. The minimum atomic E-state index is -0.773. The third-order valence-electron chi connectivity index (χ3n) is 3.55. The van der Waals surface area contributed by atoms with E-state index in [9.17, 15) is 14.7 Å². The summed E-state index contributed by atoms with van der Waals surface area (Å²) in [6.07, 6.45) is 0.716. The molecule has 2 rings (SSSR count). The van der Waals surface area contributed by atoms with Gasteiger partial charge < -0.3 is 19.6 Å². The third-order valence-corrected chi connectivity index (χ3v) is 3.55. The molecule has 0 bridgehead atoms. The minimum absolute atomic E-state index is 0.0481. The van der Waals surface area contributed by atoms with Crippen molar-refractivity contribution in [2.45, 2.75) is 13.0 Å². The Morgan fingerprint density at radius 1 is 1.45 bits per heavy atom. The molecule has 0 saturated carbocycles. The van der Waals surface area contributed by atoms with Crippen LogP contribution >= 0.6 is 0 Å². The molecule has 2 heterocycles. The summed E-state index contributed by atoms with van der Waals surface area (Å²) in [5, 5.41) is 10.0. The predicted molar refractivity (Wildman–Crippen MR) is 79.3 cm³/mol. The summed E-state index contributed by atoms with van der Waals surface area (Å²) in [5.74, 6) is -0.490. The maximum atomic E-state index is 12.5. The van der Waals surface area contributed by atoms with Crippen molar-refractivity contribution in [3.05, 3.63) is 29.6 Å². The summed E-state index contributed by atoms with van der Waals surface area (Å²) in [6.45, 7) is 2.92. The molecular formula is C15H21N3O4. The molecule has 7 nitrogen and oxygen atoms in total. The van der Waals surface area contributed by atoms with E-state index < -0.39 is 6.10 Å². The van der Waals surface area contributed by atoms with E-state index in [0.717, 1.165) is 5.69 Å². The van der Waals surface area contributed by atoms with Crippen LogP contribution in [0.15, 0.2) is 18.3 Å². The lowest BCUT2D eigenvalue weighted by Gasteiger charge is -2.21. The van der Waals surface area contributed by atoms with Crippen LogP contribution in [0.1, 0.15) is 16.1 Å². The summed E-state index contributed by atoms with van der Waals surface area (Å²) in [4.78, 5) is 31.7. The molecule has 1 aromatic rings. The van der Waals surface area contributed by atoms with Gasteiger partial charge in [0, 0.05) is 38.6 Å². The van der Waals surface area contributed by atoms with Gasteiger partial charge in [0.1, 0.15) is 6.54 Å². The van der Waals surface area contributed by atoms with Crippen LogP contribution in [0.2, 0.25) is 0 Å². The molecule has 0 spiro atoms. The number of ether oxygens (including phenoxy) is 1. The number of β-amino-alcohol motifs (C(OH)–C–C–N with tert-alkyl or cyclic N) is 1. The zero-order valence-electron chi connectivity index (χ0n) is 12.9.